The number of rotatable bonds is 3. The lowest BCUT2D eigenvalue weighted by Gasteiger charge is -2.20. The van der Waals surface area contributed by atoms with Gasteiger partial charge in [-0.2, -0.15) is 5.10 Å². The zero-order chi connectivity index (χ0) is 16.7. The number of hydrogen-bond acceptors (Lipinski definition) is 5. The van der Waals surface area contributed by atoms with Crippen LogP contribution < -0.4 is 9.64 Å². The summed E-state index contributed by atoms with van der Waals surface area (Å²) in [6, 6.07) is 4.32. The van der Waals surface area contributed by atoms with E-state index in [0.29, 0.717) is 17.6 Å². The predicted octanol–water partition coefficient (Wildman–Crippen LogP) is 2.34. The molecule has 4 rings (SSSR count). The number of fused-ring (bicyclic) bond motifs is 1. The minimum absolute atomic E-state index is 0.135. The second-order valence-electron chi connectivity index (χ2n) is 6.22. The normalized spacial score (nSPS) is 24.3. The molecule has 0 N–H and O–H groups in total. The molecule has 2 atom stereocenters. The fourth-order valence-corrected chi connectivity index (χ4v) is 3.12. The van der Waals surface area contributed by atoms with E-state index in [1.54, 1.807) is 18.0 Å². The summed E-state index contributed by atoms with van der Waals surface area (Å²) >= 11 is 0. The highest BCUT2D eigenvalue weighted by molar-refractivity contribution is 5.61. The molecule has 2 aromatic heterocycles. The number of hydrogen-bond donors (Lipinski definition) is 0. The van der Waals surface area contributed by atoms with E-state index in [-0.39, 0.29) is 12.2 Å². The van der Waals surface area contributed by atoms with Gasteiger partial charge in [0.05, 0.1) is 19.3 Å². The Morgan fingerprint density at radius 1 is 1.35 bits per heavy atom. The van der Waals surface area contributed by atoms with Crippen LogP contribution in [0.1, 0.15) is 21.1 Å². The number of methoxy groups -OCH3 is 1. The molecule has 0 spiro atoms. The maximum atomic E-state index is 8.34. The summed E-state index contributed by atoms with van der Waals surface area (Å²) in [6.07, 6.45) is 4.16. The quantitative estimate of drug-likeness (QED) is 0.870. The van der Waals surface area contributed by atoms with Crippen molar-refractivity contribution < 1.29 is 10.8 Å². The van der Waals surface area contributed by atoms with Crippen molar-refractivity contribution in [2.24, 2.45) is 0 Å². The van der Waals surface area contributed by atoms with Crippen molar-refractivity contribution in [2.45, 2.75) is 38.5 Å². The van der Waals surface area contributed by atoms with Gasteiger partial charge in [-0.3, -0.25) is 0 Å². The highest BCUT2D eigenvalue weighted by atomic mass is 16.5. The van der Waals surface area contributed by atoms with Crippen molar-refractivity contribution in [3.05, 3.63) is 24.4 Å². The lowest BCUT2D eigenvalue weighted by Crippen LogP contribution is -2.23. The molecule has 0 saturated carbocycles. The Balaban J connectivity index is 1.58. The first kappa shape index (κ1) is 13.4. The van der Waals surface area contributed by atoms with Crippen LogP contribution in [0.2, 0.25) is 0 Å². The van der Waals surface area contributed by atoms with Gasteiger partial charge >= 0.3 is 0 Å². The van der Waals surface area contributed by atoms with Crippen LogP contribution in [0.5, 0.6) is 5.88 Å². The molecular formula is C17H22N4O2. The van der Waals surface area contributed by atoms with Gasteiger partial charge < -0.3 is 14.4 Å². The van der Waals surface area contributed by atoms with Crippen LogP contribution in [0.3, 0.4) is 0 Å². The van der Waals surface area contributed by atoms with Crippen LogP contribution in [0.15, 0.2) is 24.4 Å². The number of pyridine rings is 1. The summed E-state index contributed by atoms with van der Waals surface area (Å²) in [7, 11) is 1.75. The maximum Gasteiger partial charge on any atom is 0.212 e. The van der Waals surface area contributed by atoms with Gasteiger partial charge in [0.1, 0.15) is 5.82 Å². The van der Waals surface area contributed by atoms with Crippen LogP contribution in [0.4, 0.5) is 5.82 Å². The zero-order valence-electron chi connectivity index (χ0n) is 14.5. The number of nitrogens with zero attached hydrogens (tertiary/aromatic N) is 4. The Labute approximate surface area is 137 Å². The molecule has 2 aromatic rings. The third-order valence-corrected chi connectivity index (χ3v) is 4.56. The van der Waals surface area contributed by atoms with Gasteiger partial charge in [0.15, 0.2) is 0 Å². The minimum Gasteiger partial charge on any atom is -0.475 e. The van der Waals surface area contributed by atoms with Crippen LogP contribution in [-0.2, 0) is 11.3 Å². The molecule has 0 aromatic carbocycles. The maximum absolute atomic E-state index is 8.34. The van der Waals surface area contributed by atoms with E-state index in [0.717, 1.165) is 43.9 Å². The summed E-state index contributed by atoms with van der Waals surface area (Å²) in [5.41, 5.74) is 1.48. The monoisotopic (exact) mass is 315 g/mol. The fraction of sp³-hybridized carbons (Fsp3) is 0.529. The van der Waals surface area contributed by atoms with E-state index in [1.807, 2.05) is 19.1 Å². The summed E-state index contributed by atoms with van der Waals surface area (Å²) < 4.78 is 21.3. The molecule has 0 bridgehead atoms. The Morgan fingerprint density at radius 2 is 2.26 bits per heavy atom. The molecule has 0 radical (unpaired) electrons. The molecule has 2 aliphatic rings. The lowest BCUT2D eigenvalue weighted by molar-refractivity contribution is 0.121. The number of ether oxygens (including phenoxy) is 2. The molecular weight excluding hydrogens is 292 g/mol. The van der Waals surface area contributed by atoms with Crippen molar-refractivity contribution in [1.82, 2.24) is 14.8 Å². The molecule has 0 aliphatic carbocycles. The molecule has 1 saturated heterocycles. The van der Waals surface area contributed by atoms with E-state index in [1.165, 1.54) is 0 Å². The first-order valence-corrected chi connectivity index (χ1v) is 8.14. The number of aryl methyl sites for hydroxylation is 1. The zero-order valence-corrected chi connectivity index (χ0v) is 13.5. The van der Waals surface area contributed by atoms with Crippen LogP contribution in [-0.4, -0.2) is 47.2 Å². The first-order chi connectivity index (χ1) is 11.7. The van der Waals surface area contributed by atoms with E-state index in [9.17, 15) is 0 Å². The van der Waals surface area contributed by atoms with Crippen molar-refractivity contribution in [3.63, 3.8) is 0 Å². The van der Waals surface area contributed by atoms with Crippen molar-refractivity contribution in [3.8, 4) is 17.1 Å². The van der Waals surface area contributed by atoms with E-state index in [2.05, 4.69) is 15.0 Å². The Morgan fingerprint density at radius 3 is 3.00 bits per heavy atom. The molecule has 4 heterocycles. The van der Waals surface area contributed by atoms with Gasteiger partial charge in [0.25, 0.3) is 0 Å². The van der Waals surface area contributed by atoms with Gasteiger partial charge in [-0.1, -0.05) is 0 Å². The predicted molar refractivity (Wildman–Crippen MR) is 87.8 cm³/mol. The van der Waals surface area contributed by atoms with Crippen molar-refractivity contribution >= 4 is 5.82 Å². The largest absolute Gasteiger partial charge is 0.475 e. The third-order valence-electron chi connectivity index (χ3n) is 4.56. The van der Waals surface area contributed by atoms with Gasteiger partial charge in [-0.05, 0) is 25.5 Å². The molecule has 6 heteroatoms. The molecule has 23 heavy (non-hydrogen) atoms. The second kappa shape index (κ2) is 5.85. The van der Waals surface area contributed by atoms with Gasteiger partial charge in [-0.15, -0.1) is 0 Å². The highest BCUT2D eigenvalue weighted by Gasteiger charge is 2.23. The van der Waals surface area contributed by atoms with E-state index in [4.69, 9.17) is 10.8 Å². The number of aromatic nitrogens is 3. The summed E-state index contributed by atoms with van der Waals surface area (Å²) in [5, 5.41) is 4.54. The summed E-state index contributed by atoms with van der Waals surface area (Å²) in [6.45, 7) is 4.64. The second-order valence-corrected chi connectivity index (χ2v) is 6.22. The third kappa shape index (κ3) is 2.79. The van der Waals surface area contributed by atoms with E-state index < -0.39 is 0 Å². The van der Waals surface area contributed by atoms with Crippen molar-refractivity contribution in [2.75, 3.05) is 25.1 Å². The highest BCUT2D eigenvalue weighted by Crippen LogP contribution is 2.28. The van der Waals surface area contributed by atoms with Crippen LogP contribution >= 0.6 is 0 Å². The Kier molecular flexibility index (Phi) is 3.40. The van der Waals surface area contributed by atoms with Gasteiger partial charge in [0.2, 0.25) is 5.88 Å². The molecule has 122 valence electrons. The molecule has 2 aliphatic heterocycles. The first-order valence-electron chi connectivity index (χ1n) is 8.64. The molecule has 1 fully saturated rings. The SMILES string of the molecule is [2H]c1c(-c2ccc(N3CC[C@@H](OC)C3)nc2)nn2c1O[C@H](C)CC2. The van der Waals surface area contributed by atoms with E-state index >= 15 is 0 Å². The fourth-order valence-electron chi connectivity index (χ4n) is 3.12. The average molecular weight is 315 g/mol. The topological polar surface area (TPSA) is 52.4 Å². The Hall–Kier alpha value is -2.08. The minimum atomic E-state index is 0.135. The number of anilines is 1. The summed E-state index contributed by atoms with van der Waals surface area (Å²) in [4.78, 5) is 6.79. The molecule has 0 amide bonds. The van der Waals surface area contributed by atoms with Gasteiger partial charge in [-0.25, -0.2) is 9.67 Å². The average Bonchev–Trinajstić information content (AvgIpc) is 3.21. The van der Waals surface area contributed by atoms with Crippen LogP contribution in [0, 0.1) is 0 Å². The Bertz CT molecular complexity index is 731. The molecule has 6 nitrogen and oxygen atoms in total. The molecule has 0 unspecified atom stereocenters. The smallest absolute Gasteiger partial charge is 0.212 e. The van der Waals surface area contributed by atoms with Gasteiger partial charge in [0, 0.05) is 51.0 Å². The lowest BCUT2D eigenvalue weighted by atomic mass is 10.2. The van der Waals surface area contributed by atoms with Crippen molar-refractivity contribution in [1.29, 1.82) is 0 Å². The standard InChI is InChI=1S/C17H22N4O2/c1-12-5-8-21-17(23-12)9-15(19-21)13-3-4-16(18-10-13)20-7-6-14(11-20)22-2/h3-4,9-10,12,14H,5-8,11H2,1-2H3/t12-,14-/m1/s1/i9D. The summed E-state index contributed by atoms with van der Waals surface area (Å²) in [5.74, 6) is 1.51. The van der Waals surface area contributed by atoms with Crippen LogP contribution in [0.25, 0.3) is 11.3 Å².